The number of amides is 1. The molecule has 0 fully saturated rings. The van der Waals surface area contributed by atoms with Gasteiger partial charge in [0.25, 0.3) is 5.91 Å². The molecule has 0 saturated carbocycles. The van der Waals surface area contributed by atoms with Crippen molar-refractivity contribution in [1.82, 2.24) is 5.43 Å². The van der Waals surface area contributed by atoms with Crippen LogP contribution < -0.4 is 10.2 Å². The van der Waals surface area contributed by atoms with E-state index in [1.807, 2.05) is 6.07 Å². The number of carbonyl (C=O) groups excluding carboxylic acids is 2. The third kappa shape index (κ3) is 6.00. The van der Waals surface area contributed by atoms with Crippen molar-refractivity contribution >= 4 is 56.0 Å². The Morgan fingerprint density at radius 3 is 2.66 bits per heavy atom. The molecule has 0 aliphatic rings. The molecule has 3 rings (SSSR count). The Kier molecular flexibility index (Phi) is 7.15. The van der Waals surface area contributed by atoms with Gasteiger partial charge in [0.15, 0.2) is 0 Å². The number of benzene rings is 2. The fourth-order valence-corrected chi connectivity index (χ4v) is 3.10. The maximum atomic E-state index is 12.2. The molecule has 8 heteroatoms. The summed E-state index contributed by atoms with van der Waals surface area (Å²) in [5.74, 6) is -0.116. The Bertz CT molecular complexity index is 1080. The van der Waals surface area contributed by atoms with Gasteiger partial charge in [-0.2, -0.15) is 5.10 Å². The van der Waals surface area contributed by atoms with Crippen molar-refractivity contribution in [3.63, 3.8) is 0 Å². The number of furan rings is 1. The number of nitrogens with zero attached hydrogens (tertiary/aromatic N) is 1. The van der Waals surface area contributed by atoms with Crippen LogP contribution in [0.2, 0.25) is 0 Å². The smallest absolute Gasteiger partial charge is 0.336 e. The molecule has 0 unspecified atom stereocenters. The molecular formula is C21H14Br2N2O4. The standard InChI is InChI=1S/C21H14Br2N2O4/c22-15-7-9-19(29-20(26)10-8-16-4-3-11-28-16)14(12-15)13-24-25-21(27)17-5-1-2-6-18(17)23/h1-13H,(H,25,27)/b10-8+,24-13-. The predicted molar refractivity (Wildman–Crippen MR) is 117 cm³/mol. The van der Waals surface area contributed by atoms with Crippen molar-refractivity contribution in [2.45, 2.75) is 0 Å². The molecule has 0 aliphatic carbocycles. The van der Waals surface area contributed by atoms with E-state index >= 15 is 0 Å². The zero-order valence-electron chi connectivity index (χ0n) is 14.8. The first kappa shape index (κ1) is 20.8. The number of nitrogens with one attached hydrogen (secondary N) is 1. The molecule has 0 radical (unpaired) electrons. The summed E-state index contributed by atoms with van der Waals surface area (Å²) >= 11 is 6.69. The van der Waals surface area contributed by atoms with Gasteiger partial charge in [-0.15, -0.1) is 0 Å². The molecule has 2 aromatic carbocycles. The minimum atomic E-state index is -0.573. The molecule has 1 aromatic heterocycles. The van der Waals surface area contributed by atoms with Crippen molar-refractivity contribution < 1.29 is 18.7 Å². The van der Waals surface area contributed by atoms with Crippen molar-refractivity contribution in [1.29, 1.82) is 0 Å². The highest BCUT2D eigenvalue weighted by atomic mass is 79.9. The molecule has 6 nitrogen and oxygen atoms in total. The first-order valence-corrected chi connectivity index (χ1v) is 9.92. The average Bonchev–Trinajstić information content (AvgIpc) is 3.22. The van der Waals surface area contributed by atoms with Crippen LogP contribution in [0, 0.1) is 0 Å². The number of hydrogen-bond acceptors (Lipinski definition) is 5. The van der Waals surface area contributed by atoms with Gasteiger partial charge < -0.3 is 9.15 Å². The fraction of sp³-hybridized carbons (Fsp3) is 0. The molecule has 0 spiro atoms. The topological polar surface area (TPSA) is 80.9 Å². The molecule has 0 aliphatic heterocycles. The van der Waals surface area contributed by atoms with Crippen LogP contribution in [-0.2, 0) is 4.79 Å². The summed E-state index contributed by atoms with van der Waals surface area (Å²) in [6.45, 7) is 0. The minimum absolute atomic E-state index is 0.293. The van der Waals surface area contributed by atoms with Crippen LogP contribution in [0.25, 0.3) is 6.08 Å². The highest BCUT2D eigenvalue weighted by Gasteiger charge is 2.09. The van der Waals surface area contributed by atoms with Crippen LogP contribution in [0.4, 0.5) is 0 Å². The molecule has 0 atom stereocenters. The molecule has 146 valence electrons. The number of carbonyl (C=O) groups is 2. The molecule has 3 aromatic rings. The van der Waals surface area contributed by atoms with Gasteiger partial charge in [0, 0.05) is 20.6 Å². The van der Waals surface area contributed by atoms with Crippen LogP contribution in [-0.4, -0.2) is 18.1 Å². The number of halogens is 2. The lowest BCUT2D eigenvalue weighted by Gasteiger charge is -2.06. The molecular weight excluding hydrogens is 504 g/mol. The molecule has 1 amide bonds. The summed E-state index contributed by atoms with van der Waals surface area (Å²) in [5, 5.41) is 3.96. The third-order valence-electron chi connectivity index (χ3n) is 3.60. The molecule has 0 bridgehead atoms. The van der Waals surface area contributed by atoms with Gasteiger partial charge >= 0.3 is 5.97 Å². The number of ether oxygens (including phenoxy) is 1. The van der Waals surface area contributed by atoms with Crippen LogP contribution in [0.15, 0.2) is 85.4 Å². The highest BCUT2D eigenvalue weighted by molar-refractivity contribution is 9.10. The number of hydrazone groups is 1. The first-order chi connectivity index (χ1) is 14.0. The third-order valence-corrected chi connectivity index (χ3v) is 4.78. The van der Waals surface area contributed by atoms with E-state index in [4.69, 9.17) is 9.15 Å². The second-order valence-corrected chi connectivity index (χ2v) is 7.40. The van der Waals surface area contributed by atoms with Gasteiger partial charge in [-0.05, 0) is 64.5 Å². The quantitative estimate of drug-likeness (QED) is 0.160. The largest absolute Gasteiger partial charge is 0.465 e. The maximum absolute atomic E-state index is 12.2. The summed E-state index contributed by atoms with van der Waals surface area (Å²) in [6.07, 6.45) is 5.68. The van der Waals surface area contributed by atoms with E-state index in [1.54, 1.807) is 48.5 Å². The highest BCUT2D eigenvalue weighted by Crippen LogP contribution is 2.22. The lowest BCUT2D eigenvalue weighted by Crippen LogP contribution is -2.18. The Labute approximate surface area is 183 Å². The van der Waals surface area contributed by atoms with E-state index in [-0.39, 0.29) is 5.91 Å². The lowest BCUT2D eigenvalue weighted by atomic mass is 10.2. The molecule has 1 N–H and O–H groups in total. The van der Waals surface area contributed by atoms with E-state index in [0.29, 0.717) is 27.1 Å². The minimum Gasteiger partial charge on any atom is -0.465 e. The van der Waals surface area contributed by atoms with Crippen LogP contribution in [0.3, 0.4) is 0 Å². The van der Waals surface area contributed by atoms with Gasteiger partial charge in [0.1, 0.15) is 11.5 Å². The summed E-state index contributed by atoms with van der Waals surface area (Å²) in [6, 6.07) is 15.5. The Morgan fingerprint density at radius 1 is 1.07 bits per heavy atom. The van der Waals surface area contributed by atoms with Crippen LogP contribution in [0.1, 0.15) is 21.7 Å². The predicted octanol–water partition coefficient (Wildman–Crippen LogP) is 5.19. The SMILES string of the molecule is O=C(/C=C/c1ccco1)Oc1ccc(Br)cc1/C=N\NC(=O)c1ccccc1Br. The normalized spacial score (nSPS) is 11.1. The van der Waals surface area contributed by atoms with E-state index in [1.165, 1.54) is 24.6 Å². The molecule has 29 heavy (non-hydrogen) atoms. The number of esters is 1. The monoisotopic (exact) mass is 516 g/mol. The molecule has 1 heterocycles. The van der Waals surface area contributed by atoms with E-state index < -0.39 is 5.97 Å². The summed E-state index contributed by atoms with van der Waals surface area (Å²) in [7, 11) is 0. The van der Waals surface area contributed by atoms with Crippen molar-refractivity contribution in [3.8, 4) is 5.75 Å². The van der Waals surface area contributed by atoms with Gasteiger partial charge in [-0.25, -0.2) is 10.2 Å². The van der Waals surface area contributed by atoms with Crippen molar-refractivity contribution in [2.24, 2.45) is 5.10 Å². The Morgan fingerprint density at radius 2 is 1.90 bits per heavy atom. The summed E-state index contributed by atoms with van der Waals surface area (Å²) in [4.78, 5) is 24.3. The van der Waals surface area contributed by atoms with E-state index in [2.05, 4.69) is 42.4 Å². The fourth-order valence-electron chi connectivity index (χ4n) is 2.26. The van der Waals surface area contributed by atoms with Crippen molar-refractivity contribution in [2.75, 3.05) is 0 Å². The van der Waals surface area contributed by atoms with Crippen molar-refractivity contribution in [3.05, 3.63) is 92.8 Å². The van der Waals surface area contributed by atoms with E-state index in [9.17, 15) is 9.59 Å². The molecule has 0 saturated heterocycles. The number of hydrogen-bond donors (Lipinski definition) is 1. The Hall–Kier alpha value is -2.97. The van der Waals surface area contributed by atoms with Gasteiger partial charge in [0.2, 0.25) is 0 Å². The van der Waals surface area contributed by atoms with Crippen LogP contribution >= 0.6 is 31.9 Å². The Balaban J connectivity index is 1.69. The zero-order valence-corrected chi connectivity index (χ0v) is 18.0. The average molecular weight is 518 g/mol. The van der Waals surface area contributed by atoms with Gasteiger partial charge in [-0.1, -0.05) is 28.1 Å². The second kappa shape index (κ2) is 9.99. The number of rotatable bonds is 6. The van der Waals surface area contributed by atoms with Gasteiger partial charge in [0.05, 0.1) is 18.0 Å². The first-order valence-electron chi connectivity index (χ1n) is 8.34. The van der Waals surface area contributed by atoms with Gasteiger partial charge in [-0.3, -0.25) is 4.79 Å². The maximum Gasteiger partial charge on any atom is 0.336 e. The zero-order chi connectivity index (χ0) is 20.6. The second-order valence-electron chi connectivity index (χ2n) is 5.63. The summed E-state index contributed by atoms with van der Waals surface area (Å²) < 4.78 is 11.9. The van der Waals surface area contributed by atoms with E-state index in [0.717, 1.165) is 4.47 Å². The summed E-state index contributed by atoms with van der Waals surface area (Å²) in [5.41, 5.74) is 3.41. The lowest BCUT2D eigenvalue weighted by molar-refractivity contribution is -0.128. The van der Waals surface area contributed by atoms with Crippen LogP contribution in [0.5, 0.6) is 5.75 Å².